The van der Waals surface area contributed by atoms with Gasteiger partial charge in [-0.25, -0.2) is 4.99 Å². The van der Waals surface area contributed by atoms with E-state index in [1.165, 1.54) is 5.56 Å². The third-order valence-electron chi connectivity index (χ3n) is 6.62. The van der Waals surface area contributed by atoms with Crippen LogP contribution in [0.3, 0.4) is 0 Å². The van der Waals surface area contributed by atoms with Gasteiger partial charge in [0.15, 0.2) is 6.19 Å². The summed E-state index contributed by atoms with van der Waals surface area (Å²) in [6.45, 7) is 4.36. The van der Waals surface area contributed by atoms with Crippen molar-refractivity contribution in [1.29, 1.82) is 5.26 Å². The van der Waals surface area contributed by atoms with E-state index in [0.29, 0.717) is 36.8 Å². The van der Waals surface area contributed by atoms with Gasteiger partial charge in [-0.05, 0) is 49.1 Å². The number of benzene rings is 2. The minimum absolute atomic E-state index is 0.0352. The molecule has 2 heterocycles. The maximum atomic E-state index is 13.3. The first kappa shape index (κ1) is 26.5. The number of carbonyl (C=O) groups excluding carboxylic acids is 2. The van der Waals surface area contributed by atoms with E-state index < -0.39 is 6.04 Å². The van der Waals surface area contributed by atoms with Gasteiger partial charge < -0.3 is 15.1 Å². The number of aliphatic imine (C=N–C) groups is 1. The average Bonchev–Trinajstić information content (AvgIpc) is 3.07. The molecule has 2 aliphatic rings. The highest BCUT2D eigenvalue weighted by Gasteiger charge is 2.30. The summed E-state index contributed by atoms with van der Waals surface area (Å²) in [7, 11) is 0. The van der Waals surface area contributed by atoms with Gasteiger partial charge in [0.25, 0.3) is 0 Å². The molecule has 9 nitrogen and oxygen atoms in total. The summed E-state index contributed by atoms with van der Waals surface area (Å²) in [6, 6.07) is 16.6. The zero-order valence-electron chi connectivity index (χ0n) is 20.8. The Morgan fingerprint density at radius 1 is 1.03 bits per heavy atom. The Morgan fingerprint density at radius 2 is 1.76 bits per heavy atom. The third kappa shape index (κ3) is 7.68. The molecular formula is C27H32ClN7O2. The summed E-state index contributed by atoms with van der Waals surface area (Å²) >= 11 is 5.95. The van der Waals surface area contributed by atoms with Crippen LogP contribution in [0.15, 0.2) is 59.6 Å². The van der Waals surface area contributed by atoms with E-state index in [9.17, 15) is 14.9 Å². The molecule has 0 saturated carbocycles. The molecular weight excluding hydrogens is 490 g/mol. The van der Waals surface area contributed by atoms with E-state index in [4.69, 9.17) is 11.6 Å². The second-order valence-corrected chi connectivity index (χ2v) is 9.70. The van der Waals surface area contributed by atoms with Crippen molar-refractivity contribution < 1.29 is 9.59 Å². The molecule has 2 aromatic rings. The second-order valence-electron chi connectivity index (χ2n) is 9.26. The summed E-state index contributed by atoms with van der Waals surface area (Å²) < 4.78 is 0. The summed E-state index contributed by atoms with van der Waals surface area (Å²) in [4.78, 5) is 36.8. The molecule has 0 aliphatic carbocycles. The molecule has 0 bridgehead atoms. The lowest BCUT2D eigenvalue weighted by Crippen LogP contribution is -2.52. The second kappa shape index (κ2) is 13.1. The Hall–Kier alpha value is -3.61. The van der Waals surface area contributed by atoms with Gasteiger partial charge in [-0.15, -0.1) is 0 Å². The molecule has 2 saturated heterocycles. The lowest BCUT2D eigenvalue weighted by Gasteiger charge is -2.36. The number of amides is 2. The molecule has 0 unspecified atom stereocenters. The molecule has 2 amide bonds. The molecule has 2 fully saturated rings. The number of hydrogen-bond donors (Lipinski definition) is 2. The number of anilines is 1. The number of guanidine groups is 1. The first-order chi connectivity index (χ1) is 18.0. The van der Waals surface area contributed by atoms with Crippen molar-refractivity contribution in [1.82, 2.24) is 20.0 Å². The van der Waals surface area contributed by atoms with Gasteiger partial charge in [0.2, 0.25) is 17.8 Å². The first-order valence-electron chi connectivity index (χ1n) is 12.6. The normalized spacial score (nSPS) is 19.2. The van der Waals surface area contributed by atoms with E-state index >= 15 is 0 Å². The van der Waals surface area contributed by atoms with Gasteiger partial charge in [0.05, 0.1) is 6.54 Å². The van der Waals surface area contributed by atoms with Crippen LogP contribution in [-0.2, 0) is 16.1 Å². The van der Waals surface area contributed by atoms with Crippen molar-refractivity contribution in [2.45, 2.75) is 31.8 Å². The molecule has 10 heteroatoms. The van der Waals surface area contributed by atoms with Gasteiger partial charge in [-0.1, -0.05) is 41.9 Å². The number of nitrogens with one attached hydrogen (secondary N) is 2. The van der Waals surface area contributed by atoms with Gasteiger partial charge in [0, 0.05) is 50.0 Å². The van der Waals surface area contributed by atoms with Gasteiger partial charge in [-0.3, -0.25) is 19.8 Å². The van der Waals surface area contributed by atoms with Crippen molar-refractivity contribution in [2.75, 3.05) is 44.6 Å². The smallest absolute Gasteiger partial charge is 0.247 e. The van der Waals surface area contributed by atoms with Crippen molar-refractivity contribution in [3.8, 4) is 6.19 Å². The fourth-order valence-corrected chi connectivity index (χ4v) is 4.72. The summed E-state index contributed by atoms with van der Waals surface area (Å²) in [5, 5.41) is 15.3. The van der Waals surface area contributed by atoms with E-state index in [1.54, 1.807) is 29.2 Å². The van der Waals surface area contributed by atoms with Crippen LogP contribution in [0.1, 0.15) is 24.8 Å². The van der Waals surface area contributed by atoms with Crippen LogP contribution in [-0.4, -0.2) is 77.8 Å². The maximum Gasteiger partial charge on any atom is 0.247 e. The van der Waals surface area contributed by atoms with E-state index in [2.05, 4.69) is 32.7 Å². The van der Waals surface area contributed by atoms with Crippen LogP contribution < -0.4 is 10.6 Å². The number of carbonyl (C=O) groups is 2. The minimum Gasteiger partial charge on any atom is -0.339 e. The van der Waals surface area contributed by atoms with Crippen molar-refractivity contribution >= 4 is 35.1 Å². The van der Waals surface area contributed by atoms with Crippen molar-refractivity contribution in [3.05, 3.63) is 65.2 Å². The fourth-order valence-electron chi connectivity index (χ4n) is 4.60. The van der Waals surface area contributed by atoms with Crippen molar-refractivity contribution in [3.63, 3.8) is 0 Å². The van der Waals surface area contributed by atoms with Gasteiger partial charge in [0.1, 0.15) is 6.04 Å². The van der Waals surface area contributed by atoms with E-state index in [1.807, 2.05) is 29.3 Å². The van der Waals surface area contributed by atoms with Crippen molar-refractivity contribution in [2.24, 2.45) is 4.99 Å². The largest absolute Gasteiger partial charge is 0.339 e. The van der Waals surface area contributed by atoms with Crippen LogP contribution in [0, 0.1) is 11.5 Å². The van der Waals surface area contributed by atoms with Crippen LogP contribution in [0.2, 0.25) is 5.02 Å². The molecule has 37 heavy (non-hydrogen) atoms. The lowest BCUT2D eigenvalue weighted by molar-refractivity contribution is -0.141. The number of piperazine rings is 1. The topological polar surface area (TPSA) is 104 Å². The monoisotopic (exact) mass is 521 g/mol. The number of halogens is 1. The number of nitriles is 1. The molecule has 1 atom stereocenters. The highest BCUT2D eigenvalue weighted by molar-refractivity contribution is 6.30. The van der Waals surface area contributed by atoms with Crippen LogP contribution in [0.25, 0.3) is 0 Å². The fraction of sp³-hybridized carbons (Fsp3) is 0.407. The zero-order valence-corrected chi connectivity index (χ0v) is 21.5. The Morgan fingerprint density at radius 3 is 2.46 bits per heavy atom. The summed E-state index contributed by atoms with van der Waals surface area (Å²) in [5.74, 6) is -0.0402. The maximum absolute atomic E-state index is 13.3. The number of hydrogen-bond acceptors (Lipinski definition) is 5. The molecule has 0 aromatic heterocycles. The summed E-state index contributed by atoms with van der Waals surface area (Å²) in [6.07, 6.45) is 4.04. The zero-order chi connectivity index (χ0) is 26.0. The van der Waals surface area contributed by atoms with Crippen LogP contribution in [0.4, 0.5) is 5.69 Å². The SMILES string of the molecule is N#CNC(=N[C@H]1CCCCN(CC(=O)N2CCN(Cc3ccccc3)CC2)C1=O)Nc1ccc(Cl)cc1. The first-order valence-corrected chi connectivity index (χ1v) is 13.0. The predicted molar refractivity (Wildman–Crippen MR) is 144 cm³/mol. The molecule has 0 radical (unpaired) electrons. The molecule has 4 rings (SSSR count). The van der Waals surface area contributed by atoms with Gasteiger partial charge in [-0.2, -0.15) is 5.26 Å². The standard InChI is InChI=1S/C27H32ClN7O2/c28-22-9-11-23(12-10-22)31-27(30-20-29)32-24-8-4-5-13-35(26(24)37)19-25(36)34-16-14-33(15-17-34)18-21-6-2-1-3-7-21/h1-3,6-7,9-12,24H,4-5,8,13-19H2,(H2,30,31,32)/t24-/m0/s1. The Labute approximate surface area is 222 Å². The molecule has 2 aromatic carbocycles. The number of rotatable bonds is 6. The Kier molecular flexibility index (Phi) is 9.35. The lowest BCUT2D eigenvalue weighted by atomic mass is 10.1. The molecule has 2 N–H and O–H groups in total. The van der Waals surface area contributed by atoms with Crippen LogP contribution in [0.5, 0.6) is 0 Å². The molecule has 2 aliphatic heterocycles. The quantitative estimate of drug-likeness (QED) is 0.262. The predicted octanol–water partition coefficient (Wildman–Crippen LogP) is 2.90. The minimum atomic E-state index is -0.673. The van der Waals surface area contributed by atoms with Crippen LogP contribution >= 0.6 is 11.6 Å². The summed E-state index contributed by atoms with van der Waals surface area (Å²) in [5.41, 5.74) is 1.95. The third-order valence-corrected chi connectivity index (χ3v) is 6.87. The Bertz CT molecular complexity index is 1130. The number of likely N-dealkylation sites (tertiary alicyclic amines) is 1. The van der Waals surface area contributed by atoms with E-state index in [0.717, 1.165) is 32.5 Å². The molecule has 194 valence electrons. The highest BCUT2D eigenvalue weighted by atomic mass is 35.5. The molecule has 0 spiro atoms. The van der Waals surface area contributed by atoms with E-state index in [-0.39, 0.29) is 24.3 Å². The Balaban J connectivity index is 1.34. The van der Waals surface area contributed by atoms with Gasteiger partial charge >= 0.3 is 0 Å². The average molecular weight is 522 g/mol. The number of nitrogens with zero attached hydrogens (tertiary/aromatic N) is 5. The highest BCUT2D eigenvalue weighted by Crippen LogP contribution is 2.18.